The van der Waals surface area contributed by atoms with Gasteiger partial charge in [-0.2, -0.15) is 10.4 Å². The van der Waals surface area contributed by atoms with Crippen molar-refractivity contribution in [3.63, 3.8) is 0 Å². The summed E-state index contributed by atoms with van der Waals surface area (Å²) in [6.45, 7) is 0. The summed E-state index contributed by atoms with van der Waals surface area (Å²) < 4.78 is 1.62. The lowest BCUT2D eigenvalue weighted by Crippen LogP contribution is -2.11. The Labute approximate surface area is 147 Å². The second-order valence-electron chi connectivity index (χ2n) is 5.12. The third-order valence-electron chi connectivity index (χ3n) is 3.50. The molecule has 6 nitrogen and oxygen atoms in total. The van der Waals surface area contributed by atoms with E-state index in [-0.39, 0.29) is 11.5 Å². The first-order chi connectivity index (χ1) is 12.1. The molecule has 1 aromatic heterocycles. The Kier molecular flexibility index (Phi) is 4.64. The maximum Gasteiger partial charge on any atom is 0.205 e. The Balaban J connectivity index is 2.05. The van der Waals surface area contributed by atoms with Crippen molar-refractivity contribution in [2.75, 3.05) is 7.05 Å². The van der Waals surface area contributed by atoms with Crippen molar-refractivity contribution in [1.82, 2.24) is 4.68 Å². The minimum absolute atomic E-state index is 0.00971. The van der Waals surface area contributed by atoms with Crippen molar-refractivity contribution < 1.29 is 10.2 Å². The van der Waals surface area contributed by atoms with Gasteiger partial charge in [0.15, 0.2) is 0 Å². The summed E-state index contributed by atoms with van der Waals surface area (Å²) in [5, 5.41) is 34.7. The first-order valence-corrected chi connectivity index (χ1v) is 8.20. The molecule has 7 heteroatoms. The molecule has 0 aliphatic carbocycles. The molecule has 124 valence electrons. The minimum atomic E-state index is -0.0391. The second-order valence-corrected chi connectivity index (χ2v) is 5.96. The van der Waals surface area contributed by atoms with Crippen molar-refractivity contribution in [2.45, 2.75) is 0 Å². The summed E-state index contributed by atoms with van der Waals surface area (Å²) >= 11 is 1.39. The number of thiazole rings is 1. The van der Waals surface area contributed by atoms with E-state index in [4.69, 9.17) is 5.26 Å². The first-order valence-electron chi connectivity index (χ1n) is 7.32. The highest BCUT2D eigenvalue weighted by atomic mass is 32.1. The van der Waals surface area contributed by atoms with Gasteiger partial charge >= 0.3 is 0 Å². The average Bonchev–Trinajstić information content (AvgIpc) is 3.03. The van der Waals surface area contributed by atoms with Crippen LogP contribution in [0.25, 0.3) is 11.3 Å². The SMILES string of the molecule is CN=c1scc(-c2ccc(O)cc2O)n1/N=C/c1ccc(C#N)cc1. The van der Waals surface area contributed by atoms with Crippen LogP contribution in [0.2, 0.25) is 0 Å². The Morgan fingerprint density at radius 2 is 1.92 bits per heavy atom. The number of nitrogens with zero attached hydrogens (tertiary/aromatic N) is 4. The van der Waals surface area contributed by atoms with E-state index in [1.165, 1.54) is 23.5 Å². The van der Waals surface area contributed by atoms with E-state index >= 15 is 0 Å². The molecule has 2 aromatic carbocycles. The van der Waals surface area contributed by atoms with Crippen molar-refractivity contribution in [3.05, 3.63) is 63.8 Å². The van der Waals surface area contributed by atoms with Gasteiger partial charge in [-0.3, -0.25) is 4.99 Å². The number of phenols is 2. The van der Waals surface area contributed by atoms with Crippen molar-refractivity contribution in [2.24, 2.45) is 10.1 Å². The maximum atomic E-state index is 10.1. The highest BCUT2D eigenvalue weighted by Crippen LogP contribution is 2.32. The van der Waals surface area contributed by atoms with Gasteiger partial charge in [0.1, 0.15) is 11.5 Å². The van der Waals surface area contributed by atoms with E-state index < -0.39 is 0 Å². The lowest BCUT2D eigenvalue weighted by atomic mass is 10.1. The van der Waals surface area contributed by atoms with Gasteiger partial charge in [0.05, 0.1) is 23.5 Å². The maximum absolute atomic E-state index is 10.1. The van der Waals surface area contributed by atoms with Crippen molar-refractivity contribution >= 4 is 17.6 Å². The molecule has 0 spiro atoms. The number of phenolic OH excluding ortho intramolecular Hbond substituents is 2. The third-order valence-corrected chi connectivity index (χ3v) is 4.40. The van der Waals surface area contributed by atoms with Crippen molar-refractivity contribution in [1.29, 1.82) is 5.26 Å². The van der Waals surface area contributed by atoms with Crippen LogP contribution in [-0.4, -0.2) is 28.2 Å². The monoisotopic (exact) mass is 350 g/mol. The molecule has 2 N–H and O–H groups in total. The molecular weight excluding hydrogens is 336 g/mol. The van der Waals surface area contributed by atoms with Crippen LogP contribution in [0.4, 0.5) is 0 Å². The van der Waals surface area contributed by atoms with Gasteiger partial charge in [0.2, 0.25) is 4.80 Å². The molecule has 0 unspecified atom stereocenters. The molecule has 1 heterocycles. The van der Waals surface area contributed by atoms with E-state index in [2.05, 4.69) is 16.2 Å². The number of rotatable bonds is 3. The van der Waals surface area contributed by atoms with Crippen LogP contribution in [0.3, 0.4) is 0 Å². The number of benzene rings is 2. The fraction of sp³-hybridized carbons (Fsp3) is 0.0556. The van der Waals surface area contributed by atoms with Gasteiger partial charge in [-0.25, -0.2) is 4.68 Å². The van der Waals surface area contributed by atoms with Crippen LogP contribution in [0.5, 0.6) is 11.5 Å². The predicted molar refractivity (Wildman–Crippen MR) is 96.7 cm³/mol. The minimum Gasteiger partial charge on any atom is -0.508 e. The Bertz CT molecular complexity index is 1040. The van der Waals surface area contributed by atoms with Gasteiger partial charge in [0.25, 0.3) is 0 Å². The summed E-state index contributed by atoms with van der Waals surface area (Å²) in [5.41, 5.74) is 2.62. The van der Waals surface area contributed by atoms with E-state index in [1.807, 2.05) is 5.38 Å². The van der Waals surface area contributed by atoms with E-state index in [0.29, 0.717) is 21.6 Å². The summed E-state index contributed by atoms with van der Waals surface area (Å²) in [4.78, 5) is 4.86. The van der Waals surface area contributed by atoms with Crippen LogP contribution >= 0.6 is 11.3 Å². The van der Waals surface area contributed by atoms with Crippen LogP contribution in [0.15, 0.2) is 57.9 Å². The molecule has 3 aromatic rings. The number of aromatic hydroxyl groups is 2. The van der Waals surface area contributed by atoms with Crippen molar-refractivity contribution in [3.8, 4) is 28.8 Å². The van der Waals surface area contributed by atoms with Crippen LogP contribution < -0.4 is 4.80 Å². The molecule has 0 radical (unpaired) electrons. The standard InChI is InChI=1S/C18H14N4O2S/c1-20-18-22(21-10-13-4-2-12(9-19)3-5-13)16(11-25-18)15-7-6-14(23)8-17(15)24/h2-8,10-11,23-24H,1H3/b20-18?,21-10+. The second kappa shape index (κ2) is 7.03. The molecular formula is C18H14N4O2S. The Morgan fingerprint density at radius 3 is 2.56 bits per heavy atom. The topological polar surface area (TPSA) is 93.9 Å². The quantitative estimate of drug-likeness (QED) is 0.711. The molecule has 0 aliphatic rings. The molecule has 0 amide bonds. The normalized spacial score (nSPS) is 11.8. The van der Waals surface area contributed by atoms with Crippen LogP contribution in [0.1, 0.15) is 11.1 Å². The van der Waals surface area contributed by atoms with Gasteiger partial charge in [-0.1, -0.05) is 12.1 Å². The molecule has 0 saturated heterocycles. The highest BCUT2D eigenvalue weighted by molar-refractivity contribution is 7.07. The lowest BCUT2D eigenvalue weighted by Gasteiger charge is -2.06. The Hall–Kier alpha value is -3.37. The average molecular weight is 350 g/mol. The zero-order chi connectivity index (χ0) is 17.8. The fourth-order valence-corrected chi connectivity index (χ4v) is 3.05. The molecule has 0 aliphatic heterocycles. The van der Waals surface area contributed by atoms with Crippen LogP contribution in [-0.2, 0) is 0 Å². The molecule has 0 saturated carbocycles. The zero-order valence-electron chi connectivity index (χ0n) is 13.3. The summed E-state index contributed by atoms with van der Waals surface area (Å²) in [6, 6.07) is 13.5. The first kappa shape index (κ1) is 16.5. The Morgan fingerprint density at radius 1 is 1.16 bits per heavy atom. The van der Waals surface area contributed by atoms with Crippen LogP contribution in [0, 0.1) is 11.3 Å². The zero-order valence-corrected chi connectivity index (χ0v) is 14.1. The predicted octanol–water partition coefficient (Wildman–Crippen LogP) is 2.91. The highest BCUT2D eigenvalue weighted by Gasteiger charge is 2.11. The molecule has 0 bridgehead atoms. The largest absolute Gasteiger partial charge is 0.508 e. The van der Waals surface area contributed by atoms with Gasteiger partial charge in [-0.05, 0) is 29.8 Å². The van der Waals surface area contributed by atoms with Gasteiger partial charge in [0, 0.05) is 24.1 Å². The smallest absolute Gasteiger partial charge is 0.205 e. The number of nitriles is 1. The number of aromatic nitrogens is 1. The fourth-order valence-electron chi connectivity index (χ4n) is 2.25. The van der Waals surface area contributed by atoms with Gasteiger partial charge < -0.3 is 10.2 Å². The summed E-state index contributed by atoms with van der Waals surface area (Å²) in [7, 11) is 1.67. The van der Waals surface area contributed by atoms with E-state index in [0.717, 1.165) is 5.56 Å². The molecule has 0 atom stereocenters. The van der Waals surface area contributed by atoms with E-state index in [9.17, 15) is 10.2 Å². The number of hydrogen-bond acceptors (Lipinski definition) is 6. The third kappa shape index (κ3) is 3.44. The van der Waals surface area contributed by atoms with Gasteiger partial charge in [-0.15, -0.1) is 11.3 Å². The van der Waals surface area contributed by atoms with E-state index in [1.54, 1.807) is 48.3 Å². The summed E-state index contributed by atoms with van der Waals surface area (Å²) in [5.74, 6) is -0.0488. The lowest BCUT2D eigenvalue weighted by molar-refractivity contribution is 0.451. The molecule has 0 fully saturated rings. The molecule has 25 heavy (non-hydrogen) atoms. The summed E-state index contributed by atoms with van der Waals surface area (Å²) in [6.07, 6.45) is 1.66. The molecule has 3 rings (SSSR count). The number of hydrogen-bond donors (Lipinski definition) is 2.